The minimum absolute atomic E-state index is 0.0463. The molecule has 24 heavy (non-hydrogen) atoms. The largest absolute Gasteiger partial charge is 0.294 e. The molecule has 0 bridgehead atoms. The fourth-order valence-electron chi connectivity index (χ4n) is 3.78. The van der Waals surface area contributed by atoms with Crippen molar-refractivity contribution in [2.45, 2.75) is 36.9 Å². The van der Waals surface area contributed by atoms with E-state index in [-0.39, 0.29) is 27.6 Å². The first kappa shape index (κ1) is 16.0. The van der Waals surface area contributed by atoms with E-state index in [1.165, 1.54) is 0 Å². The molecule has 7 heteroatoms. The molecule has 124 valence electrons. The molecule has 5 nitrogen and oxygen atoms in total. The second kappa shape index (κ2) is 6.11. The molecule has 0 amide bonds. The van der Waals surface area contributed by atoms with Gasteiger partial charge in [0.2, 0.25) is 0 Å². The number of rotatable bonds is 2. The number of carbonyl (C=O) groups excluding carboxylic acids is 1. The van der Waals surface area contributed by atoms with Gasteiger partial charge in [0.05, 0.1) is 14.6 Å². The van der Waals surface area contributed by atoms with Gasteiger partial charge in [0.1, 0.15) is 0 Å². The van der Waals surface area contributed by atoms with E-state index in [0.717, 1.165) is 47.6 Å². The molecule has 1 fully saturated rings. The summed E-state index contributed by atoms with van der Waals surface area (Å²) in [4.78, 5) is 28.3. The maximum absolute atomic E-state index is 12.6. The molecule has 0 aromatic heterocycles. The van der Waals surface area contributed by atoms with E-state index in [1.807, 2.05) is 6.07 Å². The van der Waals surface area contributed by atoms with Gasteiger partial charge in [-0.2, -0.15) is 11.8 Å². The number of ketones is 1. The van der Waals surface area contributed by atoms with Gasteiger partial charge in [-0.05, 0) is 52.6 Å². The number of allylic oxidation sites excluding steroid dienone is 2. The Kier molecular flexibility index (Phi) is 4.08. The molecule has 4 rings (SSSR count). The second-order valence-corrected chi connectivity index (χ2v) is 8.33. The Labute approximate surface area is 151 Å². The van der Waals surface area contributed by atoms with Gasteiger partial charge < -0.3 is 0 Å². The summed E-state index contributed by atoms with van der Waals surface area (Å²) in [6.45, 7) is 0. The second-order valence-electron chi connectivity index (χ2n) is 6.23. The molecular formula is C17H15BrN2O3S. The molecule has 1 saturated heterocycles. The van der Waals surface area contributed by atoms with Crippen molar-refractivity contribution in [3.05, 3.63) is 49.6 Å². The van der Waals surface area contributed by atoms with Crippen LogP contribution in [-0.2, 0) is 4.79 Å². The van der Waals surface area contributed by atoms with Gasteiger partial charge >= 0.3 is 0 Å². The highest BCUT2D eigenvalue weighted by Crippen LogP contribution is 2.48. The van der Waals surface area contributed by atoms with Crippen molar-refractivity contribution in [2.24, 2.45) is 4.99 Å². The maximum atomic E-state index is 12.6. The van der Waals surface area contributed by atoms with Gasteiger partial charge in [0, 0.05) is 35.4 Å². The Morgan fingerprint density at radius 1 is 1.29 bits per heavy atom. The Morgan fingerprint density at radius 2 is 2.12 bits per heavy atom. The van der Waals surface area contributed by atoms with E-state index >= 15 is 0 Å². The summed E-state index contributed by atoms with van der Waals surface area (Å²) in [6, 6.07) is 5.23. The molecule has 0 spiro atoms. The molecule has 0 radical (unpaired) electrons. The van der Waals surface area contributed by atoms with Crippen LogP contribution in [0.4, 0.5) is 5.69 Å². The highest BCUT2D eigenvalue weighted by molar-refractivity contribution is 9.10. The number of nitrogens with zero attached hydrogens (tertiary/aromatic N) is 2. The van der Waals surface area contributed by atoms with Gasteiger partial charge in [0.25, 0.3) is 5.69 Å². The summed E-state index contributed by atoms with van der Waals surface area (Å²) >= 11 is 5.05. The summed E-state index contributed by atoms with van der Waals surface area (Å²) in [6.07, 6.45) is 3.17. The van der Waals surface area contributed by atoms with Crippen molar-refractivity contribution >= 4 is 44.9 Å². The maximum Gasteiger partial charge on any atom is 0.283 e. The highest BCUT2D eigenvalue weighted by atomic mass is 79.9. The van der Waals surface area contributed by atoms with Crippen molar-refractivity contribution in [2.75, 3.05) is 5.75 Å². The van der Waals surface area contributed by atoms with Crippen LogP contribution in [0.1, 0.15) is 37.2 Å². The number of nitro benzene ring substituents is 1. The topological polar surface area (TPSA) is 72.6 Å². The van der Waals surface area contributed by atoms with Crippen molar-refractivity contribution < 1.29 is 9.72 Å². The van der Waals surface area contributed by atoms with Gasteiger partial charge in [-0.3, -0.25) is 19.9 Å². The summed E-state index contributed by atoms with van der Waals surface area (Å²) in [5.41, 5.74) is 3.74. The average Bonchev–Trinajstić information content (AvgIpc) is 3.01. The van der Waals surface area contributed by atoms with E-state index in [9.17, 15) is 14.9 Å². The first-order valence-electron chi connectivity index (χ1n) is 7.95. The third kappa shape index (κ3) is 2.54. The van der Waals surface area contributed by atoms with Crippen LogP contribution in [0.5, 0.6) is 0 Å². The summed E-state index contributed by atoms with van der Waals surface area (Å²) in [5.74, 6) is 1.04. The third-order valence-corrected chi connectivity index (χ3v) is 6.84. The lowest BCUT2D eigenvalue weighted by atomic mass is 9.77. The third-order valence-electron chi connectivity index (χ3n) is 4.83. The van der Waals surface area contributed by atoms with Crippen molar-refractivity contribution in [3.63, 3.8) is 0 Å². The van der Waals surface area contributed by atoms with E-state index < -0.39 is 0 Å². The van der Waals surface area contributed by atoms with Crippen LogP contribution in [0, 0.1) is 10.1 Å². The van der Waals surface area contributed by atoms with Gasteiger partial charge in [-0.15, -0.1) is 0 Å². The molecule has 2 heterocycles. The molecule has 0 saturated carbocycles. The van der Waals surface area contributed by atoms with Crippen molar-refractivity contribution in [3.8, 4) is 0 Å². The predicted octanol–water partition coefficient (Wildman–Crippen LogP) is 4.41. The number of nitro groups is 1. The Morgan fingerprint density at radius 3 is 2.92 bits per heavy atom. The normalized spacial score (nSPS) is 26.0. The quantitative estimate of drug-likeness (QED) is 0.538. The molecule has 3 aliphatic rings. The molecule has 2 atom stereocenters. The molecule has 0 N–H and O–H groups in total. The Balaban J connectivity index is 1.87. The van der Waals surface area contributed by atoms with Crippen LogP contribution in [-0.4, -0.2) is 27.4 Å². The van der Waals surface area contributed by atoms with Crippen LogP contribution >= 0.6 is 27.7 Å². The van der Waals surface area contributed by atoms with Crippen LogP contribution in [0.15, 0.2) is 38.9 Å². The molecule has 2 aliphatic heterocycles. The molecule has 2 unspecified atom stereocenters. The summed E-state index contributed by atoms with van der Waals surface area (Å²) < 4.78 is 0.462. The molecule has 1 aliphatic carbocycles. The number of thioether (sulfide) groups is 1. The van der Waals surface area contributed by atoms with Crippen molar-refractivity contribution in [1.82, 2.24) is 0 Å². The smallest absolute Gasteiger partial charge is 0.283 e. The number of fused-ring (bicyclic) bond motifs is 1. The number of Topliss-reactive ketones (excluding diaryl/α,β-unsaturated/α-hetero) is 1. The lowest BCUT2D eigenvalue weighted by Crippen LogP contribution is -2.32. The Bertz CT molecular complexity index is 818. The number of aliphatic imine (C=N–C) groups is 1. The van der Waals surface area contributed by atoms with Crippen LogP contribution in [0.2, 0.25) is 0 Å². The molecular weight excluding hydrogens is 392 g/mol. The molecule has 1 aromatic rings. The van der Waals surface area contributed by atoms with E-state index in [4.69, 9.17) is 4.99 Å². The standard InChI is InChI=1S/C17H15BrN2O3S/c18-10-5-4-9(8-13(10)20(22)23)15-16-11(2-1-3-14(16)21)19-12-6-7-24-17(12)15/h4-5,8,15,17H,1-3,6-7H2. The number of benzene rings is 1. The van der Waals surface area contributed by atoms with Crippen molar-refractivity contribution in [1.29, 1.82) is 0 Å². The number of carbonyl (C=O) groups is 1. The minimum Gasteiger partial charge on any atom is -0.294 e. The zero-order valence-corrected chi connectivity index (χ0v) is 15.2. The first-order valence-corrected chi connectivity index (χ1v) is 9.79. The average molecular weight is 407 g/mol. The number of hydrogen-bond acceptors (Lipinski definition) is 5. The lowest BCUT2D eigenvalue weighted by Gasteiger charge is -2.33. The summed E-state index contributed by atoms with van der Waals surface area (Å²) in [5, 5.41) is 11.4. The number of hydrogen-bond donors (Lipinski definition) is 0. The zero-order valence-electron chi connectivity index (χ0n) is 12.8. The van der Waals surface area contributed by atoms with E-state index in [2.05, 4.69) is 15.9 Å². The zero-order chi connectivity index (χ0) is 16.8. The van der Waals surface area contributed by atoms with Crippen LogP contribution < -0.4 is 0 Å². The van der Waals surface area contributed by atoms with E-state index in [0.29, 0.717) is 10.9 Å². The van der Waals surface area contributed by atoms with Gasteiger partial charge in [-0.25, -0.2) is 0 Å². The predicted molar refractivity (Wildman–Crippen MR) is 97.7 cm³/mol. The first-order chi connectivity index (χ1) is 11.6. The summed E-state index contributed by atoms with van der Waals surface area (Å²) in [7, 11) is 0. The fourth-order valence-corrected chi connectivity index (χ4v) is 5.60. The lowest BCUT2D eigenvalue weighted by molar-refractivity contribution is -0.385. The van der Waals surface area contributed by atoms with E-state index in [1.54, 1.807) is 23.9 Å². The van der Waals surface area contributed by atoms with Gasteiger partial charge in [-0.1, -0.05) is 6.07 Å². The van der Waals surface area contributed by atoms with Crippen LogP contribution in [0.25, 0.3) is 0 Å². The monoisotopic (exact) mass is 406 g/mol. The molecule has 1 aromatic carbocycles. The van der Waals surface area contributed by atoms with Crippen LogP contribution in [0.3, 0.4) is 0 Å². The van der Waals surface area contributed by atoms with Gasteiger partial charge in [0.15, 0.2) is 5.78 Å². The number of halogens is 1. The minimum atomic E-state index is -0.384. The fraction of sp³-hybridized carbons (Fsp3) is 0.412. The highest BCUT2D eigenvalue weighted by Gasteiger charge is 2.42. The SMILES string of the molecule is O=C1CCCC2=C1C(c1ccc(Br)c([N+](=O)[O-])c1)C1SCCC1=N2. The Hall–Kier alpha value is -1.47.